The van der Waals surface area contributed by atoms with Gasteiger partial charge in [0.05, 0.1) is 10.8 Å². The molecule has 0 fully saturated rings. The summed E-state index contributed by atoms with van der Waals surface area (Å²) < 4.78 is 0.692. The predicted molar refractivity (Wildman–Crippen MR) is 50.0 cm³/mol. The highest BCUT2D eigenvalue weighted by Gasteiger charge is 2.07. The molecule has 0 aliphatic carbocycles. The number of nitrogens with zero attached hydrogens (tertiary/aromatic N) is 1. The molecule has 0 saturated carbocycles. The molecule has 0 radical (unpaired) electrons. The highest BCUT2D eigenvalue weighted by atomic mass is 35.5. The van der Waals surface area contributed by atoms with Gasteiger partial charge in [-0.05, 0) is 12.1 Å². The number of carbonyl (C=O) groups is 1. The third-order valence-corrected chi connectivity index (χ3v) is 2.58. The van der Waals surface area contributed by atoms with Gasteiger partial charge >= 0.3 is 0 Å². The van der Waals surface area contributed by atoms with Crippen LogP contribution in [0.15, 0.2) is 12.1 Å². The molecular formula is C7H9ClN2OS. The van der Waals surface area contributed by atoms with Crippen LogP contribution in [0, 0.1) is 0 Å². The Balaban J connectivity index is 2.58. The second-order valence-corrected chi connectivity index (χ2v) is 4.19. The van der Waals surface area contributed by atoms with Crippen molar-refractivity contribution in [3.05, 3.63) is 21.3 Å². The van der Waals surface area contributed by atoms with Crippen LogP contribution in [0.25, 0.3) is 0 Å². The number of halogens is 1. The number of hydrazine groups is 1. The molecule has 66 valence electrons. The van der Waals surface area contributed by atoms with Gasteiger partial charge in [0.2, 0.25) is 5.91 Å². The van der Waals surface area contributed by atoms with Gasteiger partial charge in [0.15, 0.2) is 0 Å². The lowest BCUT2D eigenvalue weighted by atomic mass is 10.3. The second-order valence-electron chi connectivity index (χ2n) is 2.39. The first kappa shape index (κ1) is 9.51. The van der Waals surface area contributed by atoms with Crippen LogP contribution in [-0.4, -0.2) is 18.0 Å². The van der Waals surface area contributed by atoms with E-state index in [-0.39, 0.29) is 5.91 Å². The summed E-state index contributed by atoms with van der Waals surface area (Å²) >= 11 is 7.08. The lowest BCUT2D eigenvalue weighted by Crippen LogP contribution is -2.34. The average Bonchev–Trinajstić information content (AvgIpc) is 2.35. The maximum absolute atomic E-state index is 11.1. The minimum absolute atomic E-state index is 0.117. The monoisotopic (exact) mass is 204 g/mol. The first-order valence-electron chi connectivity index (χ1n) is 3.35. The molecule has 0 saturated heterocycles. The molecule has 1 rings (SSSR count). The first-order chi connectivity index (χ1) is 5.59. The van der Waals surface area contributed by atoms with Crippen molar-refractivity contribution < 1.29 is 4.79 Å². The highest BCUT2D eigenvalue weighted by molar-refractivity contribution is 7.16. The Labute approximate surface area is 79.7 Å². The Morgan fingerprint density at radius 2 is 2.42 bits per heavy atom. The van der Waals surface area contributed by atoms with Gasteiger partial charge in [0.1, 0.15) is 0 Å². The Morgan fingerprint density at radius 1 is 1.75 bits per heavy atom. The van der Waals surface area contributed by atoms with Gasteiger partial charge in [-0.3, -0.25) is 9.80 Å². The maximum atomic E-state index is 11.1. The third kappa shape index (κ3) is 2.48. The van der Waals surface area contributed by atoms with E-state index in [0.717, 1.165) is 9.89 Å². The van der Waals surface area contributed by atoms with Crippen LogP contribution in [0.4, 0.5) is 0 Å². The van der Waals surface area contributed by atoms with E-state index in [0.29, 0.717) is 10.8 Å². The number of carbonyl (C=O) groups excluding carboxylic acids is 1. The summed E-state index contributed by atoms with van der Waals surface area (Å²) in [6.07, 6.45) is 0.324. The summed E-state index contributed by atoms with van der Waals surface area (Å²) in [6.45, 7) is 0. The molecular weight excluding hydrogens is 196 g/mol. The lowest BCUT2D eigenvalue weighted by Gasteiger charge is -2.07. The summed E-state index contributed by atoms with van der Waals surface area (Å²) in [5.74, 6) is 5.13. The molecule has 0 aliphatic heterocycles. The van der Waals surface area contributed by atoms with Crippen LogP contribution in [0.5, 0.6) is 0 Å². The standard InChI is InChI=1S/C7H9ClN2OS/c1-10(9)7(11)4-5-2-3-6(8)12-5/h2-3H,4,9H2,1H3. The fourth-order valence-electron chi connectivity index (χ4n) is 0.721. The van der Waals surface area contributed by atoms with Crippen LogP contribution in [0.3, 0.4) is 0 Å². The fraction of sp³-hybridized carbons (Fsp3) is 0.286. The molecule has 1 amide bonds. The van der Waals surface area contributed by atoms with Crippen molar-refractivity contribution in [2.45, 2.75) is 6.42 Å². The van der Waals surface area contributed by atoms with Gasteiger partial charge in [0.25, 0.3) is 0 Å². The van der Waals surface area contributed by atoms with Crippen molar-refractivity contribution in [1.82, 2.24) is 5.01 Å². The van der Waals surface area contributed by atoms with E-state index in [1.54, 1.807) is 6.07 Å². The Bertz CT molecular complexity index is 285. The molecule has 0 unspecified atom stereocenters. The fourth-order valence-corrected chi connectivity index (χ4v) is 1.80. The summed E-state index contributed by atoms with van der Waals surface area (Å²) in [6, 6.07) is 3.60. The van der Waals surface area contributed by atoms with Crippen molar-refractivity contribution >= 4 is 28.8 Å². The van der Waals surface area contributed by atoms with Gasteiger partial charge in [-0.1, -0.05) is 11.6 Å². The van der Waals surface area contributed by atoms with Gasteiger partial charge in [-0.2, -0.15) is 0 Å². The number of amides is 1. The van der Waals surface area contributed by atoms with Gasteiger partial charge in [-0.15, -0.1) is 11.3 Å². The SMILES string of the molecule is CN(N)C(=O)Cc1ccc(Cl)s1. The predicted octanol–water partition coefficient (Wildman–Crippen LogP) is 1.28. The minimum Gasteiger partial charge on any atom is -0.284 e. The number of rotatable bonds is 2. The van der Waals surface area contributed by atoms with E-state index in [2.05, 4.69) is 0 Å². The molecule has 1 aromatic rings. The molecule has 3 nitrogen and oxygen atoms in total. The Kier molecular flexibility index (Phi) is 3.08. The van der Waals surface area contributed by atoms with Crippen LogP contribution in [-0.2, 0) is 11.2 Å². The van der Waals surface area contributed by atoms with Gasteiger partial charge < -0.3 is 0 Å². The van der Waals surface area contributed by atoms with Crippen molar-refractivity contribution in [3.63, 3.8) is 0 Å². The molecule has 0 aliphatic rings. The topological polar surface area (TPSA) is 46.3 Å². The number of likely N-dealkylation sites (N-methyl/N-ethyl adjacent to an activating group) is 1. The van der Waals surface area contributed by atoms with Crippen LogP contribution in [0.1, 0.15) is 4.88 Å². The summed E-state index contributed by atoms with van der Waals surface area (Å²) in [5, 5.41) is 1.08. The molecule has 0 spiro atoms. The van der Waals surface area contributed by atoms with Gasteiger partial charge in [-0.25, -0.2) is 5.84 Å². The van der Waals surface area contributed by atoms with Crippen LogP contribution in [0.2, 0.25) is 4.34 Å². The number of nitrogens with two attached hydrogens (primary N) is 1. The van der Waals surface area contributed by atoms with Crippen LogP contribution < -0.4 is 5.84 Å². The van der Waals surface area contributed by atoms with E-state index >= 15 is 0 Å². The maximum Gasteiger partial charge on any atom is 0.241 e. The summed E-state index contributed by atoms with van der Waals surface area (Å²) in [5.41, 5.74) is 0. The molecule has 1 heterocycles. The summed E-state index contributed by atoms with van der Waals surface area (Å²) in [7, 11) is 1.53. The van der Waals surface area contributed by atoms with E-state index in [9.17, 15) is 4.79 Å². The van der Waals surface area contributed by atoms with E-state index in [1.807, 2.05) is 6.07 Å². The summed E-state index contributed by atoms with van der Waals surface area (Å²) in [4.78, 5) is 12.0. The Morgan fingerprint density at radius 3 is 2.83 bits per heavy atom. The van der Waals surface area contributed by atoms with Crippen molar-refractivity contribution in [2.75, 3.05) is 7.05 Å². The zero-order chi connectivity index (χ0) is 9.14. The number of hydrogen-bond acceptors (Lipinski definition) is 3. The Hall–Kier alpha value is -0.580. The minimum atomic E-state index is -0.117. The van der Waals surface area contributed by atoms with Crippen molar-refractivity contribution in [3.8, 4) is 0 Å². The molecule has 0 bridgehead atoms. The smallest absolute Gasteiger partial charge is 0.241 e. The second kappa shape index (κ2) is 3.89. The van der Waals surface area contributed by atoms with Crippen LogP contribution >= 0.6 is 22.9 Å². The first-order valence-corrected chi connectivity index (χ1v) is 4.54. The number of hydrogen-bond donors (Lipinski definition) is 1. The lowest BCUT2D eigenvalue weighted by molar-refractivity contribution is -0.129. The molecule has 0 aromatic carbocycles. The number of thiophene rings is 1. The molecule has 0 atom stereocenters. The highest BCUT2D eigenvalue weighted by Crippen LogP contribution is 2.21. The molecule has 1 aromatic heterocycles. The normalized spacial score (nSPS) is 9.92. The molecule has 2 N–H and O–H groups in total. The zero-order valence-electron chi connectivity index (χ0n) is 6.58. The zero-order valence-corrected chi connectivity index (χ0v) is 8.15. The molecule has 12 heavy (non-hydrogen) atoms. The van der Waals surface area contributed by atoms with E-state index in [1.165, 1.54) is 18.4 Å². The average molecular weight is 205 g/mol. The van der Waals surface area contributed by atoms with Crippen molar-refractivity contribution in [2.24, 2.45) is 5.84 Å². The quantitative estimate of drug-likeness (QED) is 0.448. The van der Waals surface area contributed by atoms with Crippen molar-refractivity contribution in [1.29, 1.82) is 0 Å². The van der Waals surface area contributed by atoms with E-state index in [4.69, 9.17) is 17.4 Å². The van der Waals surface area contributed by atoms with E-state index < -0.39 is 0 Å². The molecule has 5 heteroatoms. The third-order valence-electron chi connectivity index (χ3n) is 1.35. The van der Waals surface area contributed by atoms with Gasteiger partial charge in [0, 0.05) is 11.9 Å². The largest absolute Gasteiger partial charge is 0.284 e.